The van der Waals surface area contributed by atoms with Gasteiger partial charge in [0, 0.05) is 24.6 Å². The van der Waals surface area contributed by atoms with E-state index >= 15 is 0 Å². The van der Waals surface area contributed by atoms with Gasteiger partial charge in [-0.25, -0.2) is 9.59 Å². The Hall–Kier alpha value is -3.28. The molecule has 3 aromatic rings. The molecule has 2 aromatic carbocycles. The highest BCUT2D eigenvalue weighted by Gasteiger charge is 2.30. The number of aromatic amines is 2. The third-order valence-electron chi connectivity index (χ3n) is 5.47. The number of hydrogen-bond acceptors (Lipinski definition) is 3. The van der Waals surface area contributed by atoms with Crippen LogP contribution in [0.3, 0.4) is 0 Å². The maximum atomic E-state index is 12.6. The van der Waals surface area contributed by atoms with Crippen molar-refractivity contribution in [2.24, 2.45) is 0 Å². The number of aromatic nitrogens is 2. The molecule has 6 nitrogen and oxygen atoms in total. The predicted molar refractivity (Wildman–Crippen MR) is 101 cm³/mol. The zero-order chi connectivity index (χ0) is 18.4. The van der Waals surface area contributed by atoms with Crippen LogP contribution in [-0.4, -0.2) is 34.1 Å². The van der Waals surface area contributed by atoms with Gasteiger partial charge in [-0.1, -0.05) is 48.5 Å². The van der Waals surface area contributed by atoms with Gasteiger partial charge >= 0.3 is 11.8 Å². The summed E-state index contributed by atoms with van der Waals surface area (Å²) in [7, 11) is 0. The first-order valence-electron chi connectivity index (χ1n) is 9.10. The molecule has 2 N–H and O–H groups in total. The lowest BCUT2D eigenvalue weighted by molar-refractivity contribution is 0.0947. The standard InChI is InChI=1S/C21H19N3O3/c25-20-22-18-9-10-24(11-19(18)23-20)21(26)27-12-17-15-7-3-1-5-13(15)14-6-2-4-8-16(14)17/h1-8,17H,9-12H2,(H2,22,23,25). The van der Waals surface area contributed by atoms with Crippen molar-refractivity contribution in [2.75, 3.05) is 13.2 Å². The second-order valence-corrected chi connectivity index (χ2v) is 7.01. The Labute approximate surface area is 155 Å². The Bertz CT molecular complexity index is 1040. The van der Waals surface area contributed by atoms with E-state index in [-0.39, 0.29) is 17.7 Å². The van der Waals surface area contributed by atoms with Crippen molar-refractivity contribution in [3.05, 3.63) is 81.5 Å². The summed E-state index contributed by atoms with van der Waals surface area (Å²) in [6.45, 7) is 1.21. The zero-order valence-corrected chi connectivity index (χ0v) is 14.7. The number of H-pyrrole nitrogens is 2. The van der Waals surface area contributed by atoms with Gasteiger partial charge in [-0.15, -0.1) is 0 Å². The van der Waals surface area contributed by atoms with Crippen LogP contribution in [0.25, 0.3) is 11.1 Å². The molecule has 0 atom stereocenters. The molecule has 0 unspecified atom stereocenters. The van der Waals surface area contributed by atoms with Crippen LogP contribution in [0, 0.1) is 0 Å². The molecule has 1 amide bonds. The maximum Gasteiger partial charge on any atom is 0.410 e. The second kappa shape index (κ2) is 6.16. The van der Waals surface area contributed by atoms with Gasteiger partial charge in [0.25, 0.3) is 0 Å². The van der Waals surface area contributed by atoms with E-state index in [1.807, 2.05) is 24.3 Å². The van der Waals surface area contributed by atoms with Gasteiger partial charge in [-0.2, -0.15) is 0 Å². The summed E-state index contributed by atoms with van der Waals surface area (Å²) >= 11 is 0. The van der Waals surface area contributed by atoms with Crippen LogP contribution in [0.15, 0.2) is 53.3 Å². The van der Waals surface area contributed by atoms with Crippen molar-refractivity contribution in [1.82, 2.24) is 14.9 Å². The van der Waals surface area contributed by atoms with E-state index in [1.165, 1.54) is 22.3 Å². The van der Waals surface area contributed by atoms with Gasteiger partial charge in [0.05, 0.1) is 12.2 Å². The van der Waals surface area contributed by atoms with E-state index in [0.717, 1.165) is 11.4 Å². The van der Waals surface area contributed by atoms with Gasteiger partial charge < -0.3 is 19.6 Å². The van der Waals surface area contributed by atoms with E-state index in [0.29, 0.717) is 26.1 Å². The van der Waals surface area contributed by atoms with Crippen LogP contribution in [0.5, 0.6) is 0 Å². The molecule has 1 aliphatic carbocycles. The lowest BCUT2D eigenvalue weighted by atomic mass is 9.98. The van der Waals surface area contributed by atoms with Crippen LogP contribution >= 0.6 is 0 Å². The van der Waals surface area contributed by atoms with Crippen molar-refractivity contribution in [3.63, 3.8) is 0 Å². The Balaban J connectivity index is 1.33. The Kier molecular flexibility index (Phi) is 3.63. The minimum absolute atomic E-state index is 0.0498. The molecular formula is C21H19N3O3. The van der Waals surface area contributed by atoms with Crippen molar-refractivity contribution in [2.45, 2.75) is 18.9 Å². The number of hydrogen-bond donors (Lipinski definition) is 2. The lowest BCUT2D eigenvalue weighted by Gasteiger charge is -2.26. The Morgan fingerprint density at radius 1 is 1.00 bits per heavy atom. The molecule has 27 heavy (non-hydrogen) atoms. The van der Waals surface area contributed by atoms with Crippen molar-refractivity contribution in [1.29, 1.82) is 0 Å². The number of nitrogens with zero attached hydrogens (tertiary/aromatic N) is 1. The van der Waals surface area contributed by atoms with E-state index < -0.39 is 0 Å². The molecule has 0 spiro atoms. The fraction of sp³-hybridized carbons (Fsp3) is 0.238. The second-order valence-electron chi connectivity index (χ2n) is 7.01. The molecular weight excluding hydrogens is 342 g/mol. The summed E-state index contributed by atoms with van der Waals surface area (Å²) in [5, 5.41) is 0. The largest absolute Gasteiger partial charge is 0.448 e. The molecule has 1 aromatic heterocycles. The number of carbonyl (C=O) groups is 1. The number of benzene rings is 2. The number of ether oxygens (including phenoxy) is 1. The number of imidazole rings is 1. The third kappa shape index (κ3) is 2.65. The molecule has 0 radical (unpaired) electrons. The number of fused-ring (bicyclic) bond motifs is 4. The van der Waals surface area contributed by atoms with Gasteiger partial charge in [-0.3, -0.25) is 0 Å². The monoisotopic (exact) mass is 361 g/mol. The summed E-state index contributed by atoms with van der Waals surface area (Å²) in [6.07, 6.45) is 0.280. The van der Waals surface area contributed by atoms with Crippen molar-refractivity contribution in [3.8, 4) is 11.1 Å². The van der Waals surface area contributed by atoms with Gasteiger partial charge in [0.2, 0.25) is 0 Å². The SMILES string of the molecule is O=C(OCC1c2ccccc2-c2ccccc21)N1CCc2[nH]c(=O)[nH]c2C1. The third-order valence-corrected chi connectivity index (χ3v) is 5.47. The van der Waals surface area contributed by atoms with Crippen LogP contribution in [-0.2, 0) is 17.7 Å². The highest BCUT2D eigenvalue weighted by atomic mass is 16.6. The molecule has 0 bridgehead atoms. The molecule has 2 aliphatic rings. The number of carbonyl (C=O) groups excluding carboxylic acids is 1. The molecule has 5 rings (SSSR count). The molecule has 0 fully saturated rings. The Morgan fingerprint density at radius 3 is 2.33 bits per heavy atom. The van der Waals surface area contributed by atoms with Crippen LogP contribution in [0.2, 0.25) is 0 Å². The molecule has 6 heteroatoms. The molecule has 136 valence electrons. The smallest absolute Gasteiger partial charge is 0.410 e. The molecule has 0 saturated heterocycles. The van der Waals surface area contributed by atoms with Crippen LogP contribution in [0.1, 0.15) is 28.4 Å². The van der Waals surface area contributed by atoms with Gasteiger partial charge in [-0.05, 0) is 22.3 Å². The first-order chi connectivity index (χ1) is 13.2. The van der Waals surface area contributed by atoms with Crippen LogP contribution in [0.4, 0.5) is 4.79 Å². The first-order valence-corrected chi connectivity index (χ1v) is 9.10. The maximum absolute atomic E-state index is 12.6. The topological polar surface area (TPSA) is 78.2 Å². The Morgan fingerprint density at radius 2 is 1.63 bits per heavy atom. The zero-order valence-electron chi connectivity index (χ0n) is 14.7. The first kappa shape index (κ1) is 15.9. The summed E-state index contributed by atoms with van der Waals surface area (Å²) in [4.78, 5) is 31.2. The highest BCUT2D eigenvalue weighted by Crippen LogP contribution is 2.44. The summed E-state index contributed by atoms with van der Waals surface area (Å²) in [6, 6.07) is 16.5. The summed E-state index contributed by atoms with van der Waals surface area (Å²) in [5.74, 6) is 0.0498. The summed E-state index contributed by atoms with van der Waals surface area (Å²) < 4.78 is 5.69. The van der Waals surface area contributed by atoms with E-state index in [9.17, 15) is 9.59 Å². The fourth-order valence-corrected chi connectivity index (χ4v) is 4.16. The van der Waals surface area contributed by atoms with E-state index in [2.05, 4.69) is 34.2 Å². The minimum Gasteiger partial charge on any atom is -0.448 e. The number of amides is 1. The van der Waals surface area contributed by atoms with Gasteiger partial charge in [0.15, 0.2) is 0 Å². The quantitative estimate of drug-likeness (QED) is 0.736. The molecule has 0 saturated carbocycles. The van der Waals surface area contributed by atoms with Crippen LogP contribution < -0.4 is 5.69 Å². The average Bonchev–Trinajstić information content (AvgIpc) is 3.22. The molecule has 1 aliphatic heterocycles. The normalized spacial score (nSPS) is 15.2. The number of rotatable bonds is 2. The summed E-state index contributed by atoms with van der Waals surface area (Å²) in [5.41, 5.74) is 6.23. The number of nitrogens with one attached hydrogen (secondary N) is 2. The lowest BCUT2D eigenvalue weighted by Crippen LogP contribution is -2.37. The average molecular weight is 361 g/mol. The van der Waals surface area contributed by atoms with E-state index in [1.54, 1.807) is 4.90 Å². The predicted octanol–water partition coefficient (Wildman–Crippen LogP) is 3.01. The molecule has 2 heterocycles. The van der Waals surface area contributed by atoms with E-state index in [4.69, 9.17) is 4.74 Å². The van der Waals surface area contributed by atoms with Gasteiger partial charge in [0.1, 0.15) is 6.61 Å². The fourth-order valence-electron chi connectivity index (χ4n) is 4.16. The minimum atomic E-state index is -0.343. The highest BCUT2D eigenvalue weighted by molar-refractivity contribution is 5.79. The van der Waals surface area contributed by atoms with Crippen molar-refractivity contribution >= 4 is 6.09 Å². The van der Waals surface area contributed by atoms with Crippen molar-refractivity contribution < 1.29 is 9.53 Å².